The number of sulfone groups is 1. The molecule has 1 aromatic rings. The fourth-order valence-electron chi connectivity index (χ4n) is 2.40. The molecule has 2 unspecified atom stereocenters. The summed E-state index contributed by atoms with van der Waals surface area (Å²) in [6.07, 6.45) is 2.82. The fourth-order valence-corrected chi connectivity index (χ4v) is 3.03. The maximum absolute atomic E-state index is 12.1. The first kappa shape index (κ1) is 15.0. The maximum Gasteiger partial charge on any atom is 0.227 e. The van der Waals surface area contributed by atoms with Gasteiger partial charge in [0.15, 0.2) is 9.84 Å². The molecule has 2 atom stereocenters. The van der Waals surface area contributed by atoms with Gasteiger partial charge in [-0.25, -0.2) is 8.42 Å². The van der Waals surface area contributed by atoms with E-state index in [9.17, 15) is 13.2 Å². The molecular weight excluding hydrogens is 276 g/mol. The van der Waals surface area contributed by atoms with Gasteiger partial charge in [0, 0.05) is 23.9 Å². The number of hydrogen-bond acceptors (Lipinski definition) is 4. The molecule has 2 rings (SSSR count). The molecule has 6 heteroatoms. The van der Waals surface area contributed by atoms with Crippen LogP contribution < -0.4 is 10.6 Å². The Labute approximate surface area is 119 Å². The zero-order chi connectivity index (χ0) is 14.8. The number of nitrogens with one attached hydrogen (secondary N) is 2. The lowest BCUT2D eigenvalue weighted by atomic mass is 9.92. The van der Waals surface area contributed by atoms with Crippen LogP contribution in [0.4, 0.5) is 5.69 Å². The zero-order valence-electron chi connectivity index (χ0n) is 11.7. The van der Waals surface area contributed by atoms with Crippen LogP contribution in [0.5, 0.6) is 0 Å². The summed E-state index contributed by atoms with van der Waals surface area (Å²) < 4.78 is 22.7. The lowest BCUT2D eigenvalue weighted by molar-refractivity contribution is -0.120. The van der Waals surface area contributed by atoms with E-state index in [2.05, 4.69) is 17.6 Å². The first-order chi connectivity index (χ1) is 9.36. The van der Waals surface area contributed by atoms with Gasteiger partial charge in [-0.1, -0.05) is 0 Å². The van der Waals surface area contributed by atoms with Crippen molar-refractivity contribution in [1.82, 2.24) is 5.32 Å². The van der Waals surface area contributed by atoms with E-state index in [0.29, 0.717) is 11.7 Å². The number of piperidine rings is 1. The topological polar surface area (TPSA) is 75.3 Å². The third-order valence-electron chi connectivity index (χ3n) is 3.54. The third kappa shape index (κ3) is 3.80. The van der Waals surface area contributed by atoms with E-state index in [4.69, 9.17) is 0 Å². The number of benzene rings is 1. The summed E-state index contributed by atoms with van der Waals surface area (Å²) in [5.74, 6) is 0.0197. The minimum atomic E-state index is -3.20. The van der Waals surface area contributed by atoms with E-state index >= 15 is 0 Å². The monoisotopic (exact) mass is 296 g/mol. The Hall–Kier alpha value is -1.40. The van der Waals surface area contributed by atoms with Crippen molar-refractivity contribution in [2.45, 2.75) is 30.7 Å². The molecule has 0 spiro atoms. The molecule has 1 saturated heterocycles. The molecule has 20 heavy (non-hydrogen) atoms. The first-order valence-electron chi connectivity index (χ1n) is 6.70. The Morgan fingerprint density at radius 1 is 1.30 bits per heavy atom. The van der Waals surface area contributed by atoms with E-state index in [1.165, 1.54) is 12.1 Å². The molecule has 1 heterocycles. The predicted octanol–water partition coefficient (Wildman–Crippen LogP) is 1.42. The van der Waals surface area contributed by atoms with Gasteiger partial charge in [-0.05, 0) is 50.6 Å². The second-order valence-electron chi connectivity index (χ2n) is 5.36. The standard InChI is InChI=1S/C14H20N2O3S/c1-10-9-11(7-8-15-10)14(17)16-12-3-5-13(6-4-12)20(2,18)19/h3-6,10-11,15H,7-9H2,1-2H3,(H,16,17). The van der Waals surface area contributed by atoms with Gasteiger partial charge in [-0.3, -0.25) is 4.79 Å². The van der Waals surface area contributed by atoms with E-state index < -0.39 is 9.84 Å². The van der Waals surface area contributed by atoms with Gasteiger partial charge in [0.25, 0.3) is 0 Å². The Morgan fingerprint density at radius 2 is 1.95 bits per heavy atom. The van der Waals surface area contributed by atoms with Gasteiger partial charge in [0.05, 0.1) is 4.90 Å². The van der Waals surface area contributed by atoms with Crippen LogP contribution >= 0.6 is 0 Å². The van der Waals surface area contributed by atoms with E-state index in [1.54, 1.807) is 12.1 Å². The average molecular weight is 296 g/mol. The molecule has 0 saturated carbocycles. The van der Waals surface area contributed by atoms with Crippen molar-refractivity contribution in [3.05, 3.63) is 24.3 Å². The Morgan fingerprint density at radius 3 is 2.50 bits per heavy atom. The second kappa shape index (κ2) is 5.93. The summed E-state index contributed by atoms with van der Waals surface area (Å²) in [6, 6.07) is 6.62. The van der Waals surface area contributed by atoms with Gasteiger partial charge in [0.1, 0.15) is 0 Å². The molecule has 0 radical (unpaired) electrons. The molecule has 1 aliphatic rings. The third-order valence-corrected chi connectivity index (χ3v) is 4.67. The number of carbonyl (C=O) groups is 1. The molecule has 1 fully saturated rings. The van der Waals surface area contributed by atoms with Crippen LogP contribution in [0.25, 0.3) is 0 Å². The maximum atomic E-state index is 12.1. The van der Waals surface area contributed by atoms with Crippen molar-refractivity contribution in [2.75, 3.05) is 18.1 Å². The molecule has 5 nitrogen and oxygen atoms in total. The summed E-state index contributed by atoms with van der Waals surface area (Å²) in [7, 11) is -3.20. The highest BCUT2D eigenvalue weighted by Crippen LogP contribution is 2.19. The summed E-state index contributed by atoms with van der Waals surface area (Å²) in [4.78, 5) is 12.4. The van der Waals surface area contributed by atoms with E-state index in [0.717, 1.165) is 25.6 Å². The van der Waals surface area contributed by atoms with Crippen molar-refractivity contribution in [1.29, 1.82) is 0 Å². The minimum Gasteiger partial charge on any atom is -0.326 e. The normalized spacial score (nSPS) is 23.3. The van der Waals surface area contributed by atoms with Crippen LogP contribution in [-0.4, -0.2) is 33.2 Å². The highest BCUT2D eigenvalue weighted by Gasteiger charge is 2.24. The molecule has 0 bridgehead atoms. The van der Waals surface area contributed by atoms with Gasteiger partial charge >= 0.3 is 0 Å². The Kier molecular flexibility index (Phi) is 4.45. The van der Waals surface area contributed by atoms with Crippen molar-refractivity contribution >= 4 is 21.4 Å². The summed E-state index contributed by atoms with van der Waals surface area (Å²) in [5.41, 5.74) is 0.633. The summed E-state index contributed by atoms with van der Waals surface area (Å²) in [6.45, 7) is 2.92. The molecule has 1 aromatic carbocycles. The van der Waals surface area contributed by atoms with Crippen LogP contribution in [0.3, 0.4) is 0 Å². The predicted molar refractivity (Wildman–Crippen MR) is 78.4 cm³/mol. The van der Waals surface area contributed by atoms with Crippen LogP contribution in [-0.2, 0) is 14.6 Å². The smallest absolute Gasteiger partial charge is 0.227 e. The van der Waals surface area contributed by atoms with Crippen LogP contribution in [0.2, 0.25) is 0 Å². The molecule has 1 aliphatic heterocycles. The molecular formula is C14H20N2O3S. The molecule has 1 amide bonds. The second-order valence-corrected chi connectivity index (χ2v) is 7.38. The van der Waals surface area contributed by atoms with Crippen molar-refractivity contribution in [3.8, 4) is 0 Å². The van der Waals surface area contributed by atoms with Gasteiger partial charge in [-0.2, -0.15) is 0 Å². The van der Waals surface area contributed by atoms with Crippen molar-refractivity contribution in [3.63, 3.8) is 0 Å². The average Bonchev–Trinajstić information content (AvgIpc) is 2.38. The van der Waals surface area contributed by atoms with Gasteiger partial charge in [0.2, 0.25) is 5.91 Å². The molecule has 0 aliphatic carbocycles. The number of carbonyl (C=O) groups excluding carboxylic acids is 1. The number of anilines is 1. The van der Waals surface area contributed by atoms with Crippen molar-refractivity contribution < 1.29 is 13.2 Å². The summed E-state index contributed by atoms with van der Waals surface area (Å²) >= 11 is 0. The quantitative estimate of drug-likeness (QED) is 0.884. The highest BCUT2D eigenvalue weighted by molar-refractivity contribution is 7.90. The van der Waals surface area contributed by atoms with E-state index in [-0.39, 0.29) is 16.7 Å². The number of hydrogen-bond donors (Lipinski definition) is 2. The largest absolute Gasteiger partial charge is 0.326 e. The van der Waals surface area contributed by atoms with Crippen LogP contribution in [0.1, 0.15) is 19.8 Å². The van der Waals surface area contributed by atoms with Gasteiger partial charge in [-0.15, -0.1) is 0 Å². The highest BCUT2D eigenvalue weighted by atomic mass is 32.2. The fraction of sp³-hybridized carbons (Fsp3) is 0.500. The molecule has 110 valence electrons. The lowest BCUT2D eigenvalue weighted by Crippen LogP contribution is -2.40. The zero-order valence-corrected chi connectivity index (χ0v) is 12.5. The Bertz CT molecular complexity index is 581. The van der Waals surface area contributed by atoms with E-state index in [1.807, 2.05) is 0 Å². The first-order valence-corrected chi connectivity index (χ1v) is 8.60. The van der Waals surface area contributed by atoms with Crippen LogP contribution in [0, 0.1) is 5.92 Å². The molecule has 0 aromatic heterocycles. The van der Waals surface area contributed by atoms with Gasteiger partial charge < -0.3 is 10.6 Å². The number of amides is 1. The SMILES string of the molecule is CC1CC(C(=O)Nc2ccc(S(C)(=O)=O)cc2)CCN1. The minimum absolute atomic E-state index is 0.00505. The molecule has 2 N–H and O–H groups in total. The van der Waals surface area contributed by atoms with Crippen molar-refractivity contribution in [2.24, 2.45) is 5.92 Å². The Balaban J connectivity index is 2.01. The van der Waals surface area contributed by atoms with Crippen LogP contribution in [0.15, 0.2) is 29.2 Å². The number of rotatable bonds is 3. The summed E-state index contributed by atoms with van der Waals surface area (Å²) in [5, 5.41) is 6.16. The lowest BCUT2D eigenvalue weighted by Gasteiger charge is -2.27.